The maximum absolute atomic E-state index is 11.9. The van der Waals surface area contributed by atoms with Crippen LogP contribution in [0.1, 0.15) is 24.8 Å². The molecule has 2 heterocycles. The topological polar surface area (TPSA) is 54.0 Å². The second kappa shape index (κ2) is 4.93. The van der Waals surface area contributed by atoms with Crippen molar-refractivity contribution in [3.05, 3.63) is 16.6 Å². The molecule has 1 amide bonds. The minimum Gasteiger partial charge on any atom is -0.354 e. The summed E-state index contributed by atoms with van der Waals surface area (Å²) in [5.41, 5.74) is -0.358. The van der Waals surface area contributed by atoms with Crippen molar-refractivity contribution in [2.75, 3.05) is 13.1 Å². The predicted molar refractivity (Wildman–Crippen MR) is 64.5 cm³/mol. The molecule has 4 nitrogen and oxygen atoms in total. The van der Waals surface area contributed by atoms with Gasteiger partial charge in [-0.05, 0) is 26.3 Å². The third kappa shape index (κ3) is 2.59. The second-order valence-corrected chi connectivity index (χ2v) is 5.27. The number of carbonyl (C=O) groups excluding carboxylic acids is 1. The highest BCUT2D eigenvalue weighted by atomic mass is 32.1. The molecule has 2 N–H and O–H groups in total. The second-order valence-electron chi connectivity index (χ2n) is 4.29. The number of hydrogen-bond donors (Lipinski definition) is 2. The Balaban J connectivity index is 1.75. The SMILES string of the molecule is CC1(C(=O)NCCc2nccs2)CCCN1. The molecule has 0 saturated carbocycles. The fraction of sp³-hybridized carbons (Fsp3) is 0.636. The molecule has 1 atom stereocenters. The molecule has 0 bridgehead atoms. The molecule has 1 saturated heterocycles. The van der Waals surface area contributed by atoms with Gasteiger partial charge in [0.1, 0.15) is 0 Å². The van der Waals surface area contributed by atoms with Crippen molar-refractivity contribution in [2.24, 2.45) is 0 Å². The maximum atomic E-state index is 11.9. The van der Waals surface area contributed by atoms with E-state index in [-0.39, 0.29) is 11.4 Å². The Morgan fingerprint density at radius 1 is 1.75 bits per heavy atom. The Labute approximate surface area is 99.5 Å². The molecule has 0 spiro atoms. The first kappa shape index (κ1) is 11.5. The predicted octanol–water partition coefficient (Wildman–Crippen LogP) is 0.944. The molecular weight excluding hydrogens is 222 g/mol. The highest BCUT2D eigenvalue weighted by molar-refractivity contribution is 7.09. The van der Waals surface area contributed by atoms with E-state index in [0.29, 0.717) is 6.54 Å². The van der Waals surface area contributed by atoms with Gasteiger partial charge in [-0.15, -0.1) is 11.3 Å². The third-order valence-electron chi connectivity index (χ3n) is 2.98. The number of nitrogens with zero attached hydrogens (tertiary/aromatic N) is 1. The van der Waals surface area contributed by atoms with E-state index in [9.17, 15) is 4.79 Å². The first-order chi connectivity index (χ1) is 7.71. The molecule has 1 aromatic rings. The van der Waals surface area contributed by atoms with Crippen LogP contribution in [0.3, 0.4) is 0 Å². The minimum absolute atomic E-state index is 0.113. The van der Waals surface area contributed by atoms with Crippen LogP contribution in [0.4, 0.5) is 0 Å². The van der Waals surface area contributed by atoms with Crippen molar-refractivity contribution in [3.8, 4) is 0 Å². The average molecular weight is 239 g/mol. The monoisotopic (exact) mass is 239 g/mol. The number of aromatic nitrogens is 1. The maximum Gasteiger partial charge on any atom is 0.240 e. The van der Waals surface area contributed by atoms with Crippen LogP contribution in [-0.2, 0) is 11.2 Å². The normalized spacial score (nSPS) is 24.6. The quantitative estimate of drug-likeness (QED) is 0.822. The highest BCUT2D eigenvalue weighted by Gasteiger charge is 2.35. The average Bonchev–Trinajstić information content (AvgIpc) is 2.90. The fourth-order valence-electron chi connectivity index (χ4n) is 1.94. The summed E-state index contributed by atoms with van der Waals surface area (Å²) in [6.45, 7) is 3.58. The van der Waals surface area contributed by atoms with Crippen LogP contribution in [0, 0.1) is 0 Å². The third-order valence-corrected chi connectivity index (χ3v) is 3.82. The van der Waals surface area contributed by atoms with Gasteiger partial charge in [0, 0.05) is 24.5 Å². The van der Waals surface area contributed by atoms with Crippen LogP contribution in [-0.4, -0.2) is 29.5 Å². The Kier molecular flexibility index (Phi) is 3.56. The Morgan fingerprint density at radius 3 is 3.25 bits per heavy atom. The summed E-state index contributed by atoms with van der Waals surface area (Å²) in [6, 6.07) is 0. The number of thiazole rings is 1. The zero-order valence-electron chi connectivity index (χ0n) is 9.45. The number of carbonyl (C=O) groups is 1. The highest BCUT2D eigenvalue weighted by Crippen LogP contribution is 2.18. The summed E-state index contributed by atoms with van der Waals surface area (Å²) in [7, 11) is 0. The number of hydrogen-bond acceptors (Lipinski definition) is 4. The summed E-state index contributed by atoms with van der Waals surface area (Å²) in [5.74, 6) is 0.113. The fourth-order valence-corrected chi connectivity index (χ4v) is 2.56. The molecule has 5 heteroatoms. The van der Waals surface area contributed by atoms with Crippen LogP contribution in [0.2, 0.25) is 0 Å². The summed E-state index contributed by atoms with van der Waals surface area (Å²) < 4.78 is 0. The molecule has 16 heavy (non-hydrogen) atoms. The summed E-state index contributed by atoms with van der Waals surface area (Å²) in [4.78, 5) is 16.1. The van der Waals surface area contributed by atoms with Gasteiger partial charge >= 0.3 is 0 Å². The van der Waals surface area contributed by atoms with Gasteiger partial charge in [-0.2, -0.15) is 0 Å². The molecule has 1 fully saturated rings. The van der Waals surface area contributed by atoms with Crippen molar-refractivity contribution < 1.29 is 4.79 Å². The summed E-state index contributed by atoms with van der Waals surface area (Å²) >= 11 is 1.63. The van der Waals surface area contributed by atoms with E-state index in [1.807, 2.05) is 12.3 Å². The van der Waals surface area contributed by atoms with E-state index < -0.39 is 0 Å². The lowest BCUT2D eigenvalue weighted by atomic mass is 9.99. The van der Waals surface area contributed by atoms with Crippen molar-refractivity contribution in [1.82, 2.24) is 15.6 Å². The van der Waals surface area contributed by atoms with Gasteiger partial charge in [0.15, 0.2) is 0 Å². The van der Waals surface area contributed by atoms with Gasteiger partial charge in [0.2, 0.25) is 5.91 Å². The molecule has 0 radical (unpaired) electrons. The standard InChI is InChI=1S/C11H17N3OS/c1-11(4-2-5-14-11)10(15)13-6-3-9-12-7-8-16-9/h7-8,14H,2-6H2,1H3,(H,13,15). The minimum atomic E-state index is -0.358. The van der Waals surface area contributed by atoms with Crippen LogP contribution in [0.15, 0.2) is 11.6 Å². The molecule has 1 unspecified atom stereocenters. The van der Waals surface area contributed by atoms with Crippen LogP contribution in [0.25, 0.3) is 0 Å². The van der Waals surface area contributed by atoms with Gasteiger partial charge in [-0.25, -0.2) is 4.98 Å². The largest absolute Gasteiger partial charge is 0.354 e. The van der Waals surface area contributed by atoms with Gasteiger partial charge < -0.3 is 10.6 Å². The zero-order chi connectivity index (χ0) is 11.4. The lowest BCUT2D eigenvalue weighted by molar-refractivity contribution is -0.126. The van der Waals surface area contributed by atoms with E-state index >= 15 is 0 Å². The van der Waals surface area contributed by atoms with E-state index in [1.165, 1.54) is 0 Å². The van der Waals surface area contributed by atoms with Crippen molar-refractivity contribution in [1.29, 1.82) is 0 Å². The van der Waals surface area contributed by atoms with Gasteiger partial charge in [-0.1, -0.05) is 0 Å². The molecule has 0 aromatic carbocycles. The summed E-state index contributed by atoms with van der Waals surface area (Å²) in [5, 5.41) is 9.25. The Morgan fingerprint density at radius 2 is 2.62 bits per heavy atom. The Bertz CT molecular complexity index is 344. The van der Waals surface area contributed by atoms with E-state index in [0.717, 1.165) is 30.8 Å². The number of amides is 1. The molecular formula is C11H17N3OS. The van der Waals surface area contributed by atoms with Gasteiger partial charge in [0.05, 0.1) is 10.5 Å². The molecule has 1 aliphatic rings. The Hall–Kier alpha value is -0.940. The van der Waals surface area contributed by atoms with Crippen LogP contribution >= 0.6 is 11.3 Å². The van der Waals surface area contributed by atoms with Crippen molar-refractivity contribution in [2.45, 2.75) is 31.7 Å². The smallest absolute Gasteiger partial charge is 0.240 e. The number of rotatable bonds is 4. The molecule has 88 valence electrons. The van der Waals surface area contributed by atoms with Gasteiger partial charge in [-0.3, -0.25) is 4.79 Å². The van der Waals surface area contributed by atoms with E-state index in [4.69, 9.17) is 0 Å². The summed E-state index contributed by atoms with van der Waals surface area (Å²) in [6.07, 6.45) is 4.62. The lowest BCUT2D eigenvalue weighted by Gasteiger charge is -2.22. The van der Waals surface area contributed by atoms with Crippen LogP contribution in [0.5, 0.6) is 0 Å². The molecule has 1 aliphatic heterocycles. The van der Waals surface area contributed by atoms with Crippen molar-refractivity contribution in [3.63, 3.8) is 0 Å². The van der Waals surface area contributed by atoms with E-state index in [2.05, 4.69) is 15.6 Å². The zero-order valence-corrected chi connectivity index (χ0v) is 10.3. The first-order valence-corrected chi connectivity index (χ1v) is 6.50. The first-order valence-electron chi connectivity index (χ1n) is 5.62. The molecule has 0 aliphatic carbocycles. The van der Waals surface area contributed by atoms with Crippen molar-refractivity contribution >= 4 is 17.2 Å². The lowest BCUT2D eigenvalue weighted by Crippen LogP contribution is -2.51. The van der Waals surface area contributed by atoms with Crippen LogP contribution < -0.4 is 10.6 Å². The molecule has 1 aromatic heterocycles. The number of nitrogens with one attached hydrogen (secondary N) is 2. The van der Waals surface area contributed by atoms with Gasteiger partial charge in [0.25, 0.3) is 0 Å². The van der Waals surface area contributed by atoms with E-state index in [1.54, 1.807) is 17.5 Å². The molecule has 2 rings (SSSR count).